The Bertz CT molecular complexity index is 894. The van der Waals surface area contributed by atoms with E-state index in [9.17, 15) is 13.6 Å². The first-order valence-corrected chi connectivity index (χ1v) is 7.57. The topological polar surface area (TPSA) is 54.0 Å². The maximum atomic E-state index is 13.6. The van der Waals surface area contributed by atoms with Gasteiger partial charge >= 0.3 is 0 Å². The van der Waals surface area contributed by atoms with Gasteiger partial charge in [0.1, 0.15) is 17.3 Å². The number of aromatic nitrogens is 1. The van der Waals surface area contributed by atoms with Gasteiger partial charge in [0.25, 0.3) is 5.91 Å². The average molecular weight is 339 g/mol. The van der Waals surface area contributed by atoms with Crippen LogP contribution in [0, 0.1) is 18.6 Å². The summed E-state index contributed by atoms with van der Waals surface area (Å²) in [6, 6.07) is 14.0. The van der Waals surface area contributed by atoms with Crippen LogP contribution in [0.2, 0.25) is 0 Å². The number of hydrogen-bond acceptors (Lipinski definition) is 3. The molecule has 0 aliphatic heterocycles. The maximum absolute atomic E-state index is 13.6. The largest absolute Gasteiger partial charge is 0.354 e. The molecule has 2 N–H and O–H groups in total. The van der Waals surface area contributed by atoms with Gasteiger partial charge in [-0.2, -0.15) is 0 Å². The number of nitrogens with one attached hydrogen (secondary N) is 2. The van der Waals surface area contributed by atoms with Crippen LogP contribution < -0.4 is 10.6 Å². The van der Waals surface area contributed by atoms with Crippen LogP contribution >= 0.6 is 0 Å². The molecule has 3 aromatic rings. The van der Waals surface area contributed by atoms with Gasteiger partial charge in [0.05, 0.1) is 17.6 Å². The smallest absolute Gasteiger partial charge is 0.274 e. The van der Waals surface area contributed by atoms with Crippen LogP contribution in [0.4, 0.5) is 25.8 Å². The third-order valence-electron chi connectivity index (χ3n) is 3.52. The Kier molecular flexibility index (Phi) is 4.70. The molecule has 1 aromatic heterocycles. The molecule has 3 rings (SSSR count). The molecule has 0 unspecified atom stereocenters. The fourth-order valence-corrected chi connectivity index (χ4v) is 2.18. The zero-order chi connectivity index (χ0) is 17.8. The Morgan fingerprint density at radius 3 is 2.32 bits per heavy atom. The molecule has 0 spiro atoms. The van der Waals surface area contributed by atoms with Gasteiger partial charge in [-0.25, -0.2) is 13.8 Å². The van der Waals surface area contributed by atoms with Crippen LogP contribution in [0.3, 0.4) is 0 Å². The monoisotopic (exact) mass is 339 g/mol. The lowest BCUT2D eigenvalue weighted by Crippen LogP contribution is -2.14. The molecule has 0 saturated heterocycles. The van der Waals surface area contributed by atoms with Gasteiger partial charge in [-0.3, -0.25) is 4.79 Å². The Morgan fingerprint density at radius 1 is 0.960 bits per heavy atom. The molecule has 1 heterocycles. The standard InChI is InChI=1S/C19H15F2N3O/c1-12-2-5-14(6-3-12)23-15-7-9-18(22-11-15)19(25)24-17-8-4-13(20)10-16(17)21/h2-11,23H,1H3,(H,24,25). The molecule has 0 bridgehead atoms. The number of nitrogens with zero attached hydrogens (tertiary/aromatic N) is 1. The van der Waals surface area contributed by atoms with E-state index in [1.807, 2.05) is 31.2 Å². The van der Waals surface area contributed by atoms with E-state index in [1.54, 1.807) is 6.07 Å². The minimum absolute atomic E-state index is 0.102. The molecule has 0 saturated carbocycles. The molecule has 126 valence electrons. The Hall–Kier alpha value is -3.28. The molecule has 2 aromatic carbocycles. The van der Waals surface area contributed by atoms with Crippen molar-refractivity contribution in [1.82, 2.24) is 4.98 Å². The first-order chi connectivity index (χ1) is 12.0. The molecule has 6 heteroatoms. The summed E-state index contributed by atoms with van der Waals surface area (Å²) in [4.78, 5) is 16.2. The van der Waals surface area contributed by atoms with E-state index in [0.29, 0.717) is 11.8 Å². The number of rotatable bonds is 4. The number of anilines is 3. The van der Waals surface area contributed by atoms with Crippen LogP contribution in [0.5, 0.6) is 0 Å². The highest BCUT2D eigenvalue weighted by Crippen LogP contribution is 2.18. The molecule has 0 radical (unpaired) electrons. The van der Waals surface area contributed by atoms with Gasteiger partial charge in [0.2, 0.25) is 0 Å². The van der Waals surface area contributed by atoms with Gasteiger partial charge in [-0.05, 0) is 43.3 Å². The summed E-state index contributed by atoms with van der Waals surface area (Å²) < 4.78 is 26.5. The molecule has 1 amide bonds. The number of aryl methyl sites for hydroxylation is 1. The summed E-state index contributed by atoms with van der Waals surface area (Å²) in [6.07, 6.45) is 1.51. The van der Waals surface area contributed by atoms with Crippen molar-refractivity contribution < 1.29 is 13.6 Å². The molecule has 0 aliphatic carbocycles. The second kappa shape index (κ2) is 7.09. The van der Waals surface area contributed by atoms with Crippen molar-refractivity contribution in [3.8, 4) is 0 Å². The maximum Gasteiger partial charge on any atom is 0.274 e. The lowest BCUT2D eigenvalue weighted by Gasteiger charge is -2.08. The van der Waals surface area contributed by atoms with Crippen molar-refractivity contribution in [1.29, 1.82) is 0 Å². The average Bonchev–Trinajstić information content (AvgIpc) is 2.60. The van der Waals surface area contributed by atoms with Gasteiger partial charge in [-0.1, -0.05) is 17.7 Å². The molecular weight excluding hydrogens is 324 g/mol. The summed E-state index contributed by atoms with van der Waals surface area (Å²) in [6.45, 7) is 2.00. The van der Waals surface area contributed by atoms with Crippen LogP contribution in [-0.2, 0) is 0 Å². The first kappa shape index (κ1) is 16.6. The van der Waals surface area contributed by atoms with Gasteiger partial charge < -0.3 is 10.6 Å². The summed E-state index contributed by atoms with van der Waals surface area (Å²) in [5.41, 5.74) is 2.79. The predicted molar refractivity (Wildman–Crippen MR) is 93.0 cm³/mol. The van der Waals surface area contributed by atoms with Crippen LogP contribution in [0.15, 0.2) is 60.8 Å². The number of carbonyl (C=O) groups is 1. The SMILES string of the molecule is Cc1ccc(Nc2ccc(C(=O)Nc3ccc(F)cc3F)nc2)cc1. The Labute approximate surface area is 143 Å². The zero-order valence-electron chi connectivity index (χ0n) is 13.4. The highest BCUT2D eigenvalue weighted by molar-refractivity contribution is 6.03. The fourth-order valence-electron chi connectivity index (χ4n) is 2.18. The third-order valence-corrected chi connectivity index (χ3v) is 3.52. The zero-order valence-corrected chi connectivity index (χ0v) is 13.4. The molecule has 0 aliphatic rings. The van der Waals surface area contributed by atoms with E-state index in [-0.39, 0.29) is 11.4 Å². The number of carbonyl (C=O) groups excluding carboxylic acids is 1. The second-order valence-corrected chi connectivity index (χ2v) is 5.50. The van der Waals surface area contributed by atoms with Crippen molar-refractivity contribution >= 4 is 23.0 Å². The third kappa shape index (κ3) is 4.17. The number of benzene rings is 2. The van der Waals surface area contributed by atoms with Gasteiger partial charge in [0.15, 0.2) is 0 Å². The summed E-state index contributed by atoms with van der Waals surface area (Å²) >= 11 is 0. The number of hydrogen-bond donors (Lipinski definition) is 2. The van der Waals surface area contributed by atoms with Gasteiger partial charge in [0, 0.05) is 11.8 Å². The van der Waals surface area contributed by atoms with E-state index in [1.165, 1.54) is 12.3 Å². The quantitative estimate of drug-likeness (QED) is 0.727. The van der Waals surface area contributed by atoms with Crippen LogP contribution in [0.1, 0.15) is 16.1 Å². The summed E-state index contributed by atoms with van der Waals surface area (Å²) in [5.74, 6) is -2.13. The van der Waals surface area contributed by atoms with Crippen LogP contribution in [0.25, 0.3) is 0 Å². The van der Waals surface area contributed by atoms with Crippen molar-refractivity contribution in [2.45, 2.75) is 6.92 Å². The minimum atomic E-state index is -0.842. The van der Waals surface area contributed by atoms with Crippen molar-refractivity contribution in [2.75, 3.05) is 10.6 Å². The van der Waals surface area contributed by atoms with Gasteiger partial charge in [-0.15, -0.1) is 0 Å². The van der Waals surface area contributed by atoms with Crippen LogP contribution in [-0.4, -0.2) is 10.9 Å². The Morgan fingerprint density at radius 2 is 1.68 bits per heavy atom. The predicted octanol–water partition coefficient (Wildman–Crippen LogP) is 4.66. The fraction of sp³-hybridized carbons (Fsp3) is 0.0526. The molecule has 4 nitrogen and oxygen atoms in total. The number of pyridine rings is 1. The molecular formula is C19H15F2N3O. The molecule has 25 heavy (non-hydrogen) atoms. The second-order valence-electron chi connectivity index (χ2n) is 5.50. The lowest BCUT2D eigenvalue weighted by molar-refractivity contribution is 0.102. The summed E-state index contributed by atoms with van der Waals surface area (Å²) in [7, 11) is 0. The minimum Gasteiger partial charge on any atom is -0.354 e. The highest BCUT2D eigenvalue weighted by atomic mass is 19.1. The molecule has 0 fully saturated rings. The highest BCUT2D eigenvalue weighted by Gasteiger charge is 2.11. The number of halogens is 2. The number of amides is 1. The van der Waals surface area contributed by atoms with E-state index in [2.05, 4.69) is 15.6 Å². The van der Waals surface area contributed by atoms with Crippen molar-refractivity contribution in [2.24, 2.45) is 0 Å². The first-order valence-electron chi connectivity index (χ1n) is 7.57. The van der Waals surface area contributed by atoms with E-state index in [0.717, 1.165) is 23.4 Å². The lowest BCUT2D eigenvalue weighted by atomic mass is 10.2. The van der Waals surface area contributed by atoms with E-state index in [4.69, 9.17) is 0 Å². The molecule has 0 atom stereocenters. The van der Waals surface area contributed by atoms with Crippen molar-refractivity contribution in [3.63, 3.8) is 0 Å². The van der Waals surface area contributed by atoms with Crippen molar-refractivity contribution in [3.05, 3.63) is 83.7 Å². The van der Waals surface area contributed by atoms with E-state index >= 15 is 0 Å². The Balaban J connectivity index is 1.68. The summed E-state index contributed by atoms with van der Waals surface area (Å²) in [5, 5.41) is 5.53. The normalized spacial score (nSPS) is 10.4. The van der Waals surface area contributed by atoms with E-state index < -0.39 is 17.5 Å².